The normalized spacial score (nSPS) is 6.00. The second kappa shape index (κ2) is 2.18. The molecule has 1 amide bonds. The van der Waals surface area contributed by atoms with Crippen LogP contribution in [0.5, 0.6) is 0 Å². The zero-order chi connectivity index (χ0) is 4.99. The van der Waals surface area contributed by atoms with Crippen molar-refractivity contribution in [3.63, 3.8) is 0 Å². The molecular weight excluding hydrogens is 80.0 g/mol. The summed E-state index contributed by atoms with van der Waals surface area (Å²) in [5, 5.41) is 2.25. The topological polar surface area (TPSA) is 53.5 Å². The molecule has 6 heavy (non-hydrogen) atoms. The van der Waals surface area contributed by atoms with Gasteiger partial charge in [0, 0.05) is 0 Å². The maximum Gasteiger partial charge on any atom is 0.738 e. The van der Waals surface area contributed by atoms with Gasteiger partial charge in [-0.2, -0.15) is 4.79 Å². The molecule has 0 spiro atoms. The molecule has 0 radical (unpaired) electrons. The van der Waals surface area contributed by atoms with Crippen LogP contribution < -0.4 is 5.11 Å². The summed E-state index contributed by atoms with van der Waals surface area (Å²) in [6.07, 6.45) is 0.917. The second-order valence-corrected chi connectivity index (χ2v) is 0.642. The van der Waals surface area contributed by atoms with Crippen molar-refractivity contribution < 1.29 is 4.79 Å². The van der Waals surface area contributed by atoms with Gasteiger partial charge in [0.25, 0.3) is 5.11 Å². The zero-order valence-corrected chi connectivity index (χ0v) is 3.09. The number of rotatable bonds is 1. The van der Waals surface area contributed by atoms with Crippen molar-refractivity contribution in [2.24, 2.45) is 0 Å². The van der Waals surface area contributed by atoms with Crippen LogP contribution in [0.15, 0.2) is 12.7 Å². The van der Waals surface area contributed by atoms with Crippen LogP contribution in [0.3, 0.4) is 0 Å². The monoisotopic (exact) mass is 83.0 g/mol. The number of amides is 1. The van der Waals surface area contributed by atoms with Gasteiger partial charge in [-0.3, -0.25) is 0 Å². The second-order valence-electron chi connectivity index (χ2n) is 0.642. The Balaban J connectivity index is 3.52. The fourth-order valence-corrected chi connectivity index (χ4v) is 0.0408. The lowest BCUT2D eigenvalue weighted by Crippen LogP contribution is -1.92. The fourth-order valence-electron chi connectivity index (χ4n) is 0.0408. The van der Waals surface area contributed by atoms with Gasteiger partial charge >= 0.3 is 5.91 Å². The molecule has 0 bridgehead atoms. The average Bonchev–Trinajstić information content (AvgIpc) is 1.65. The van der Waals surface area contributed by atoms with Gasteiger partial charge in [-0.05, 0) is 0 Å². The van der Waals surface area contributed by atoms with Gasteiger partial charge < -0.3 is 0 Å². The Morgan fingerprint density at radius 3 is 2.50 bits per heavy atom. The van der Waals surface area contributed by atoms with Crippen molar-refractivity contribution in [3.05, 3.63) is 18.2 Å². The molecule has 0 saturated carbocycles. The lowest BCUT2D eigenvalue weighted by molar-refractivity contribution is -0.114. The molecule has 0 unspecified atom stereocenters. The van der Waals surface area contributed by atoms with Gasteiger partial charge in [0.1, 0.15) is 6.08 Å². The van der Waals surface area contributed by atoms with Crippen LogP contribution in [0, 0.1) is 0 Å². The molecule has 0 saturated heterocycles. The van der Waals surface area contributed by atoms with Gasteiger partial charge in [0.15, 0.2) is 0 Å². The summed E-state index contributed by atoms with van der Waals surface area (Å²) in [7, 11) is 0. The van der Waals surface area contributed by atoms with Crippen molar-refractivity contribution in [2.75, 3.05) is 0 Å². The number of carbonyl (C=O) groups is 1. The Morgan fingerprint density at radius 1 is 2.00 bits per heavy atom. The van der Waals surface area contributed by atoms with E-state index in [1.165, 1.54) is 0 Å². The molecule has 0 fully saturated rings. The van der Waals surface area contributed by atoms with E-state index in [1.807, 2.05) is 0 Å². The highest BCUT2D eigenvalue weighted by Crippen LogP contribution is 1.57. The van der Waals surface area contributed by atoms with Crippen LogP contribution in [0.2, 0.25) is 0 Å². The molecule has 0 aromatic heterocycles. The Kier molecular flexibility index (Phi) is 1.78. The van der Waals surface area contributed by atoms with E-state index in [2.05, 4.69) is 11.7 Å². The molecule has 3 heteroatoms. The highest BCUT2D eigenvalue weighted by molar-refractivity contribution is 5.85. The van der Waals surface area contributed by atoms with Crippen molar-refractivity contribution in [3.8, 4) is 0 Å². The molecule has 0 rings (SSSR count). The summed E-state index contributed by atoms with van der Waals surface area (Å²) in [5.74, 6) is -0.713. The molecule has 0 heterocycles. The molecule has 0 aliphatic rings. The third-order valence-electron chi connectivity index (χ3n) is 0.273. The van der Waals surface area contributed by atoms with E-state index in [4.69, 9.17) is 5.53 Å². The lowest BCUT2D eigenvalue weighted by atomic mass is 10.6. The summed E-state index contributed by atoms with van der Waals surface area (Å²) < 4.78 is 0. The van der Waals surface area contributed by atoms with Crippen LogP contribution in [0.25, 0.3) is 5.53 Å². The van der Waals surface area contributed by atoms with Crippen molar-refractivity contribution >= 4 is 5.91 Å². The quantitative estimate of drug-likeness (QED) is 0.326. The smallest absolute Gasteiger partial charge is 0.154 e. The van der Waals surface area contributed by atoms with Gasteiger partial charge in [-0.15, -0.1) is 0 Å². The van der Waals surface area contributed by atoms with E-state index in [0.29, 0.717) is 0 Å². The molecule has 0 N–H and O–H groups in total. The maximum absolute atomic E-state index is 9.65. The van der Waals surface area contributed by atoms with E-state index in [-0.39, 0.29) is 0 Å². The fraction of sp³-hybridized carbons (Fsp3) is 0. The standard InChI is InChI=1S/C3H3N2O/c1-2-3(6)5-4/h2H,1H2/q+1. The van der Waals surface area contributed by atoms with E-state index >= 15 is 0 Å². The summed E-state index contributed by atoms with van der Waals surface area (Å²) in [6, 6.07) is 0. The third-order valence-corrected chi connectivity index (χ3v) is 0.273. The van der Waals surface area contributed by atoms with Gasteiger partial charge in [-0.1, -0.05) is 12.1 Å². The highest BCUT2D eigenvalue weighted by Gasteiger charge is 2.13. The molecule has 0 aliphatic heterocycles. The van der Waals surface area contributed by atoms with Gasteiger partial charge in [0.2, 0.25) is 0 Å². The summed E-state index contributed by atoms with van der Waals surface area (Å²) in [6.45, 7) is 3.03. The van der Waals surface area contributed by atoms with Crippen molar-refractivity contribution in [2.45, 2.75) is 0 Å². The minimum atomic E-state index is -0.713. The van der Waals surface area contributed by atoms with Crippen LogP contribution in [-0.2, 0) is 4.79 Å². The summed E-state index contributed by atoms with van der Waals surface area (Å²) in [5.41, 5.74) is 7.54. The SMILES string of the molecule is C=CC(=O)[N+2]=[N-]. The Labute approximate surface area is 35.2 Å². The first-order valence-corrected chi connectivity index (χ1v) is 1.32. The molecule has 0 atom stereocenters. The number of nitrogens with zero attached hydrogens (tertiary/aromatic N) is 2. The zero-order valence-electron chi connectivity index (χ0n) is 3.09. The molecule has 0 aliphatic carbocycles. The Morgan fingerprint density at radius 2 is 2.50 bits per heavy atom. The van der Waals surface area contributed by atoms with Crippen LogP contribution in [-0.4, -0.2) is 5.91 Å². The summed E-state index contributed by atoms with van der Waals surface area (Å²) in [4.78, 5) is 9.65. The Bertz CT molecular complexity index is 76.8. The maximum atomic E-state index is 9.65. The van der Waals surface area contributed by atoms with Crippen LogP contribution in [0.4, 0.5) is 0 Å². The van der Waals surface area contributed by atoms with E-state index in [9.17, 15) is 4.79 Å². The number of hydrogen-bond donors (Lipinski definition) is 0. The molecule has 0 aromatic rings. The minimum Gasteiger partial charge on any atom is -0.154 e. The van der Waals surface area contributed by atoms with E-state index < -0.39 is 5.91 Å². The average molecular weight is 83.1 g/mol. The Hall–Kier alpha value is -1.08. The number of carbonyl (C=O) groups excluding carboxylic acids is 1. The highest BCUT2D eigenvalue weighted by atomic mass is 16.1. The largest absolute Gasteiger partial charge is 0.738 e. The number of hydrogen-bond acceptors (Lipinski definition) is 1. The molecular formula is C3H3N2O+. The predicted octanol–water partition coefficient (Wildman–Crippen LogP) is 0.0564. The first-order chi connectivity index (χ1) is 2.81. The van der Waals surface area contributed by atoms with Crippen LogP contribution in [0.1, 0.15) is 0 Å². The van der Waals surface area contributed by atoms with Gasteiger partial charge in [-0.25, -0.2) is 0 Å². The third kappa shape index (κ3) is 1.26. The first kappa shape index (κ1) is 4.92. The first-order valence-electron chi connectivity index (χ1n) is 1.32. The molecule has 30 valence electrons. The van der Waals surface area contributed by atoms with Crippen molar-refractivity contribution in [1.82, 2.24) is 5.11 Å². The van der Waals surface area contributed by atoms with Crippen molar-refractivity contribution in [1.29, 1.82) is 0 Å². The van der Waals surface area contributed by atoms with E-state index in [1.54, 1.807) is 0 Å². The molecule has 0 aromatic carbocycles. The molecule has 3 nitrogen and oxygen atoms in total. The van der Waals surface area contributed by atoms with E-state index in [0.717, 1.165) is 6.08 Å². The van der Waals surface area contributed by atoms with Crippen LogP contribution >= 0.6 is 0 Å². The lowest BCUT2D eigenvalue weighted by Gasteiger charge is -1.37. The van der Waals surface area contributed by atoms with Gasteiger partial charge in [0.05, 0.1) is 0 Å². The summed E-state index contributed by atoms with van der Waals surface area (Å²) >= 11 is 0. The minimum absolute atomic E-state index is 0.713. The predicted molar refractivity (Wildman–Crippen MR) is 20.7 cm³/mol.